The molecule has 0 saturated heterocycles. The molecule has 0 aliphatic rings. The quantitative estimate of drug-likeness (QED) is 0.771. The lowest BCUT2D eigenvalue weighted by Gasteiger charge is -2.08. The van der Waals surface area contributed by atoms with Gasteiger partial charge in [0.1, 0.15) is 0 Å². The smallest absolute Gasteiger partial charge is 0.190 e. The summed E-state index contributed by atoms with van der Waals surface area (Å²) in [5, 5.41) is 9.13. The minimum atomic E-state index is 0.0371. The van der Waals surface area contributed by atoms with E-state index in [0.717, 1.165) is 22.3 Å². The summed E-state index contributed by atoms with van der Waals surface area (Å²) >= 11 is 0. The van der Waals surface area contributed by atoms with E-state index in [-0.39, 0.29) is 6.61 Å². The van der Waals surface area contributed by atoms with Gasteiger partial charge in [-0.3, -0.25) is 0 Å². The van der Waals surface area contributed by atoms with Crippen molar-refractivity contribution < 1.29 is 5.11 Å². The molecule has 2 aromatic carbocycles. The highest BCUT2D eigenvalue weighted by molar-refractivity contribution is 5.74. The van der Waals surface area contributed by atoms with Crippen molar-refractivity contribution in [1.29, 1.82) is 0 Å². The van der Waals surface area contributed by atoms with Crippen LogP contribution in [0.15, 0.2) is 42.5 Å². The van der Waals surface area contributed by atoms with Crippen molar-refractivity contribution in [3.63, 3.8) is 0 Å². The Bertz CT molecular complexity index is 582. The zero-order valence-corrected chi connectivity index (χ0v) is 9.64. The van der Waals surface area contributed by atoms with E-state index in [9.17, 15) is 0 Å². The third kappa shape index (κ3) is 2.20. The molecule has 0 fully saturated rings. The van der Waals surface area contributed by atoms with Crippen LogP contribution in [-0.4, -0.2) is 5.11 Å². The second-order valence-electron chi connectivity index (χ2n) is 3.92. The molecule has 0 aromatic heterocycles. The zero-order valence-electron chi connectivity index (χ0n) is 9.64. The number of hydrogen-bond acceptors (Lipinski definition) is 1. The van der Waals surface area contributed by atoms with Crippen molar-refractivity contribution in [2.75, 3.05) is 0 Å². The number of nitrogens with zero attached hydrogens (tertiary/aromatic N) is 1. The van der Waals surface area contributed by atoms with Gasteiger partial charge in [-0.2, -0.15) is 0 Å². The monoisotopic (exact) mass is 223 g/mol. The first kappa shape index (κ1) is 11.4. The van der Waals surface area contributed by atoms with Crippen LogP contribution in [0, 0.1) is 13.5 Å². The highest BCUT2D eigenvalue weighted by Gasteiger charge is 2.05. The van der Waals surface area contributed by atoms with Crippen LogP contribution in [0.1, 0.15) is 11.1 Å². The first-order valence-electron chi connectivity index (χ1n) is 5.43. The van der Waals surface area contributed by atoms with E-state index in [1.54, 1.807) is 0 Å². The molecule has 1 N–H and O–H groups in total. The summed E-state index contributed by atoms with van der Waals surface area (Å²) in [4.78, 5) is 3.50. The van der Waals surface area contributed by atoms with Crippen LogP contribution >= 0.6 is 0 Å². The Balaban J connectivity index is 2.57. The van der Waals surface area contributed by atoms with Gasteiger partial charge >= 0.3 is 0 Å². The van der Waals surface area contributed by atoms with Gasteiger partial charge in [0.2, 0.25) is 0 Å². The second-order valence-corrected chi connectivity index (χ2v) is 3.92. The minimum Gasteiger partial charge on any atom is -0.392 e. The summed E-state index contributed by atoms with van der Waals surface area (Å²) in [6.45, 7) is 9.10. The number of benzene rings is 2. The van der Waals surface area contributed by atoms with Gasteiger partial charge in [-0.05, 0) is 35.2 Å². The van der Waals surface area contributed by atoms with Gasteiger partial charge in [-0.15, -0.1) is 0 Å². The van der Waals surface area contributed by atoms with E-state index >= 15 is 0 Å². The van der Waals surface area contributed by atoms with Crippen LogP contribution in [0.4, 0.5) is 5.69 Å². The predicted molar refractivity (Wildman–Crippen MR) is 68.8 cm³/mol. The van der Waals surface area contributed by atoms with E-state index in [1.165, 1.54) is 0 Å². The molecule has 0 bridgehead atoms. The van der Waals surface area contributed by atoms with Crippen LogP contribution in [0.2, 0.25) is 0 Å². The van der Waals surface area contributed by atoms with Crippen molar-refractivity contribution >= 4 is 5.69 Å². The van der Waals surface area contributed by atoms with E-state index in [0.29, 0.717) is 5.69 Å². The van der Waals surface area contributed by atoms with Crippen molar-refractivity contribution in [2.24, 2.45) is 0 Å². The van der Waals surface area contributed by atoms with Crippen molar-refractivity contribution in [2.45, 2.75) is 13.5 Å². The second kappa shape index (κ2) is 4.82. The lowest BCUT2D eigenvalue weighted by atomic mass is 9.98. The van der Waals surface area contributed by atoms with Gasteiger partial charge in [0.25, 0.3) is 0 Å². The summed E-state index contributed by atoms with van der Waals surface area (Å²) in [5.41, 5.74) is 4.64. The summed E-state index contributed by atoms with van der Waals surface area (Å²) in [7, 11) is 0. The number of aliphatic hydroxyl groups is 1. The van der Waals surface area contributed by atoms with E-state index < -0.39 is 0 Å². The molecular weight excluding hydrogens is 210 g/mol. The normalized spacial score (nSPS) is 9.94. The fourth-order valence-electron chi connectivity index (χ4n) is 1.89. The summed E-state index contributed by atoms with van der Waals surface area (Å²) < 4.78 is 0. The minimum absolute atomic E-state index is 0.0371. The van der Waals surface area contributed by atoms with Crippen molar-refractivity contribution in [3.8, 4) is 11.1 Å². The molecule has 2 rings (SSSR count). The molecule has 0 aliphatic carbocycles. The average Bonchev–Trinajstić information content (AvgIpc) is 2.39. The predicted octanol–water partition coefficient (Wildman–Crippen LogP) is 3.71. The maximum atomic E-state index is 9.13. The van der Waals surface area contributed by atoms with E-state index in [2.05, 4.69) is 4.85 Å². The Morgan fingerprint density at radius 2 is 1.94 bits per heavy atom. The first-order chi connectivity index (χ1) is 8.26. The van der Waals surface area contributed by atoms with Crippen LogP contribution in [-0.2, 0) is 6.61 Å². The molecule has 2 nitrogen and oxygen atoms in total. The number of aliphatic hydroxyl groups excluding tert-OH is 1. The van der Waals surface area contributed by atoms with Gasteiger partial charge in [0, 0.05) is 0 Å². The van der Waals surface area contributed by atoms with Crippen molar-refractivity contribution in [1.82, 2.24) is 0 Å². The zero-order chi connectivity index (χ0) is 12.3. The SMILES string of the molecule is [C-]#[N+]c1cccc(-c2cccc(CO)c2)c1C. The van der Waals surface area contributed by atoms with Gasteiger partial charge in [-0.25, -0.2) is 4.85 Å². The average molecular weight is 223 g/mol. The maximum Gasteiger partial charge on any atom is 0.190 e. The highest BCUT2D eigenvalue weighted by Crippen LogP contribution is 2.30. The third-order valence-corrected chi connectivity index (χ3v) is 2.85. The maximum absolute atomic E-state index is 9.13. The summed E-state index contributed by atoms with van der Waals surface area (Å²) in [6.07, 6.45) is 0. The molecule has 0 amide bonds. The molecule has 17 heavy (non-hydrogen) atoms. The standard InChI is InChI=1S/C15H13NO/c1-11-14(7-4-8-15(11)16-2)13-6-3-5-12(9-13)10-17/h3-9,17H,10H2,1H3. The molecule has 2 heteroatoms. The fourth-order valence-corrected chi connectivity index (χ4v) is 1.89. The Labute approximate surface area is 101 Å². The Morgan fingerprint density at radius 3 is 2.65 bits per heavy atom. The van der Waals surface area contributed by atoms with Gasteiger partial charge in [0.05, 0.1) is 13.2 Å². The van der Waals surface area contributed by atoms with Crippen LogP contribution in [0.3, 0.4) is 0 Å². The molecule has 0 saturated carbocycles. The lowest BCUT2D eigenvalue weighted by molar-refractivity contribution is 0.282. The summed E-state index contributed by atoms with van der Waals surface area (Å²) in [6, 6.07) is 13.5. The summed E-state index contributed by atoms with van der Waals surface area (Å²) in [5.74, 6) is 0. The fraction of sp³-hybridized carbons (Fsp3) is 0.133. The van der Waals surface area contributed by atoms with Crippen LogP contribution in [0.25, 0.3) is 16.0 Å². The molecule has 0 unspecified atom stereocenters. The van der Waals surface area contributed by atoms with Crippen LogP contribution < -0.4 is 0 Å². The molecular formula is C15H13NO. The van der Waals surface area contributed by atoms with Gasteiger partial charge in [0.15, 0.2) is 5.69 Å². The van der Waals surface area contributed by atoms with Gasteiger partial charge in [-0.1, -0.05) is 36.4 Å². The van der Waals surface area contributed by atoms with Crippen molar-refractivity contribution in [3.05, 3.63) is 65.0 Å². The molecule has 0 atom stereocenters. The molecule has 0 spiro atoms. The van der Waals surface area contributed by atoms with E-state index in [4.69, 9.17) is 11.7 Å². The molecule has 84 valence electrons. The third-order valence-electron chi connectivity index (χ3n) is 2.85. The Hall–Kier alpha value is -2.11. The van der Waals surface area contributed by atoms with Crippen LogP contribution in [0.5, 0.6) is 0 Å². The molecule has 0 aliphatic heterocycles. The molecule has 0 radical (unpaired) electrons. The topological polar surface area (TPSA) is 24.6 Å². The molecule has 0 heterocycles. The Kier molecular flexibility index (Phi) is 3.22. The number of rotatable bonds is 2. The largest absolute Gasteiger partial charge is 0.392 e. The Morgan fingerprint density at radius 1 is 1.18 bits per heavy atom. The highest BCUT2D eigenvalue weighted by atomic mass is 16.3. The first-order valence-corrected chi connectivity index (χ1v) is 5.43. The lowest BCUT2D eigenvalue weighted by Crippen LogP contribution is -1.87. The van der Waals surface area contributed by atoms with E-state index in [1.807, 2.05) is 49.4 Å². The van der Waals surface area contributed by atoms with Gasteiger partial charge < -0.3 is 5.11 Å². The number of hydrogen-bond donors (Lipinski definition) is 1. The molecule has 2 aromatic rings.